The lowest BCUT2D eigenvalue weighted by atomic mass is 9.51. The summed E-state index contributed by atoms with van der Waals surface area (Å²) in [5.74, 6) is -0.358. The molecular weight excluding hydrogens is 426 g/mol. The standard InChI is InChI=1S/C28H37N3O3/c1-18(26(33)30-17-21-11-7-8-16-29-21)22-12-14-28(3)15-13-23(19(2)24(28)25(22)32)31-27(34)20-9-5-4-6-10-20/h4-11,16,18-19,22-25,32H,12-15,17H2,1-3H3,(H,30,33)(H,31,34)/t18-,19+,22?,23-,24+,25-,28-/m0/s1. The summed E-state index contributed by atoms with van der Waals surface area (Å²) in [6.07, 6.45) is 4.83. The van der Waals surface area contributed by atoms with Crippen LogP contribution in [-0.2, 0) is 11.3 Å². The number of fused-ring (bicyclic) bond motifs is 1. The molecule has 0 saturated heterocycles. The molecule has 1 unspecified atom stereocenters. The quantitative estimate of drug-likeness (QED) is 0.605. The zero-order valence-corrected chi connectivity index (χ0v) is 20.4. The van der Waals surface area contributed by atoms with Gasteiger partial charge in [0, 0.05) is 23.7 Å². The van der Waals surface area contributed by atoms with Crippen molar-refractivity contribution in [2.75, 3.05) is 0 Å². The number of hydrogen-bond acceptors (Lipinski definition) is 4. The van der Waals surface area contributed by atoms with Gasteiger partial charge in [0.05, 0.1) is 18.3 Å². The highest BCUT2D eigenvalue weighted by Gasteiger charge is 2.53. The van der Waals surface area contributed by atoms with Crippen molar-refractivity contribution in [1.29, 1.82) is 0 Å². The van der Waals surface area contributed by atoms with Gasteiger partial charge in [0.15, 0.2) is 0 Å². The molecule has 0 spiro atoms. The van der Waals surface area contributed by atoms with Crippen molar-refractivity contribution in [3.05, 3.63) is 66.0 Å². The maximum atomic E-state index is 12.9. The minimum atomic E-state index is -0.583. The lowest BCUT2D eigenvalue weighted by Gasteiger charge is -2.56. The fourth-order valence-corrected chi connectivity index (χ4v) is 6.37. The van der Waals surface area contributed by atoms with Gasteiger partial charge in [0.1, 0.15) is 0 Å². The first kappa shape index (κ1) is 24.4. The highest BCUT2D eigenvalue weighted by atomic mass is 16.3. The zero-order valence-electron chi connectivity index (χ0n) is 20.4. The number of rotatable bonds is 6. The van der Waals surface area contributed by atoms with Crippen molar-refractivity contribution < 1.29 is 14.7 Å². The Morgan fingerprint density at radius 1 is 1.12 bits per heavy atom. The molecule has 2 fully saturated rings. The fourth-order valence-electron chi connectivity index (χ4n) is 6.37. The molecule has 0 bridgehead atoms. The molecule has 7 atom stereocenters. The van der Waals surface area contributed by atoms with Crippen molar-refractivity contribution in [1.82, 2.24) is 15.6 Å². The molecule has 2 aliphatic carbocycles. The summed E-state index contributed by atoms with van der Waals surface area (Å²) in [6.45, 7) is 6.73. The third-order valence-corrected chi connectivity index (χ3v) is 8.47. The van der Waals surface area contributed by atoms with Gasteiger partial charge < -0.3 is 15.7 Å². The molecule has 2 aromatic rings. The molecular formula is C28H37N3O3. The SMILES string of the molecule is C[C@H]1[C@@H]2[C@@H](O)C([C@H](C)C(=O)NCc3ccccn3)CC[C@@]2(C)CC[C@@H]1NC(=O)c1ccccc1. The molecule has 6 nitrogen and oxygen atoms in total. The number of aromatic nitrogens is 1. The molecule has 182 valence electrons. The smallest absolute Gasteiger partial charge is 0.251 e. The first-order valence-corrected chi connectivity index (χ1v) is 12.5. The Morgan fingerprint density at radius 3 is 2.53 bits per heavy atom. The van der Waals surface area contributed by atoms with E-state index < -0.39 is 6.10 Å². The van der Waals surface area contributed by atoms with Crippen LogP contribution in [0.15, 0.2) is 54.7 Å². The summed E-state index contributed by atoms with van der Waals surface area (Å²) in [4.78, 5) is 30.0. The molecule has 4 rings (SSSR count). The highest BCUT2D eigenvalue weighted by molar-refractivity contribution is 5.94. The Bertz CT molecular complexity index is 983. The van der Waals surface area contributed by atoms with E-state index in [9.17, 15) is 14.7 Å². The normalized spacial score (nSPS) is 31.7. The van der Waals surface area contributed by atoms with Crippen LogP contribution in [0.1, 0.15) is 62.5 Å². The molecule has 0 aliphatic heterocycles. The average molecular weight is 464 g/mol. The number of hydrogen-bond donors (Lipinski definition) is 3. The topological polar surface area (TPSA) is 91.3 Å². The van der Waals surface area contributed by atoms with E-state index in [1.165, 1.54) is 0 Å². The van der Waals surface area contributed by atoms with Gasteiger partial charge in [-0.3, -0.25) is 14.6 Å². The minimum Gasteiger partial charge on any atom is -0.392 e. The summed E-state index contributed by atoms with van der Waals surface area (Å²) in [5.41, 5.74) is 1.49. The number of amides is 2. The predicted molar refractivity (Wildman–Crippen MR) is 132 cm³/mol. The summed E-state index contributed by atoms with van der Waals surface area (Å²) in [5, 5.41) is 17.8. The lowest BCUT2D eigenvalue weighted by Crippen LogP contribution is -2.58. The maximum Gasteiger partial charge on any atom is 0.251 e. The molecule has 34 heavy (non-hydrogen) atoms. The molecule has 0 radical (unpaired) electrons. The molecule has 1 heterocycles. The zero-order chi connectivity index (χ0) is 24.3. The van der Waals surface area contributed by atoms with Crippen LogP contribution in [0.2, 0.25) is 0 Å². The second kappa shape index (κ2) is 10.3. The number of carbonyl (C=O) groups excluding carboxylic acids is 2. The van der Waals surface area contributed by atoms with Crippen LogP contribution in [0, 0.1) is 29.1 Å². The summed E-state index contributed by atoms with van der Waals surface area (Å²) in [7, 11) is 0. The average Bonchev–Trinajstić information content (AvgIpc) is 2.85. The van der Waals surface area contributed by atoms with Crippen molar-refractivity contribution in [3.8, 4) is 0 Å². The molecule has 1 aromatic carbocycles. The third-order valence-electron chi connectivity index (χ3n) is 8.47. The summed E-state index contributed by atoms with van der Waals surface area (Å²) in [6, 6.07) is 14.9. The van der Waals surface area contributed by atoms with E-state index in [-0.39, 0.29) is 46.9 Å². The number of aliphatic hydroxyl groups excluding tert-OH is 1. The first-order chi connectivity index (χ1) is 16.3. The van der Waals surface area contributed by atoms with Gasteiger partial charge in [0.25, 0.3) is 5.91 Å². The minimum absolute atomic E-state index is 0.00692. The Balaban J connectivity index is 1.42. The second-order valence-corrected chi connectivity index (χ2v) is 10.5. The Morgan fingerprint density at radius 2 is 1.82 bits per heavy atom. The van der Waals surface area contributed by atoms with Crippen molar-refractivity contribution in [2.45, 2.75) is 65.1 Å². The van der Waals surface area contributed by atoms with Crippen LogP contribution in [-0.4, -0.2) is 34.1 Å². The van der Waals surface area contributed by atoms with E-state index in [2.05, 4.69) is 29.5 Å². The van der Waals surface area contributed by atoms with Gasteiger partial charge in [0.2, 0.25) is 5.91 Å². The van der Waals surface area contributed by atoms with E-state index in [0.29, 0.717) is 12.1 Å². The lowest BCUT2D eigenvalue weighted by molar-refractivity contribution is -0.142. The number of carbonyl (C=O) groups is 2. The molecule has 2 aliphatic rings. The van der Waals surface area contributed by atoms with Crippen molar-refractivity contribution in [3.63, 3.8) is 0 Å². The van der Waals surface area contributed by atoms with Gasteiger partial charge in [-0.1, -0.05) is 45.0 Å². The Labute approximate surface area is 202 Å². The third kappa shape index (κ3) is 5.02. The van der Waals surface area contributed by atoms with Crippen LogP contribution >= 0.6 is 0 Å². The molecule has 3 N–H and O–H groups in total. The van der Waals surface area contributed by atoms with Gasteiger partial charge in [-0.15, -0.1) is 0 Å². The molecule has 2 saturated carbocycles. The van der Waals surface area contributed by atoms with Crippen LogP contribution in [0.3, 0.4) is 0 Å². The maximum absolute atomic E-state index is 12.9. The van der Waals surface area contributed by atoms with E-state index in [0.717, 1.165) is 31.4 Å². The van der Waals surface area contributed by atoms with Crippen molar-refractivity contribution >= 4 is 11.8 Å². The van der Waals surface area contributed by atoms with Crippen LogP contribution in [0.5, 0.6) is 0 Å². The van der Waals surface area contributed by atoms with Crippen molar-refractivity contribution in [2.24, 2.45) is 29.1 Å². The number of nitrogens with zero attached hydrogens (tertiary/aromatic N) is 1. The van der Waals surface area contributed by atoms with Crippen LogP contribution in [0.4, 0.5) is 0 Å². The van der Waals surface area contributed by atoms with Gasteiger partial charge >= 0.3 is 0 Å². The van der Waals surface area contributed by atoms with Gasteiger partial charge in [-0.05, 0) is 73.1 Å². The van der Waals surface area contributed by atoms with Gasteiger partial charge in [-0.2, -0.15) is 0 Å². The fraction of sp³-hybridized carbons (Fsp3) is 0.536. The number of nitrogens with one attached hydrogen (secondary N) is 2. The molecule has 6 heteroatoms. The second-order valence-electron chi connectivity index (χ2n) is 10.5. The largest absolute Gasteiger partial charge is 0.392 e. The Kier molecular flexibility index (Phi) is 7.36. The Hall–Kier alpha value is -2.73. The van der Waals surface area contributed by atoms with Crippen LogP contribution < -0.4 is 10.6 Å². The highest BCUT2D eigenvalue weighted by Crippen LogP contribution is 2.55. The van der Waals surface area contributed by atoms with E-state index >= 15 is 0 Å². The van der Waals surface area contributed by atoms with E-state index in [1.54, 1.807) is 6.20 Å². The van der Waals surface area contributed by atoms with Crippen LogP contribution in [0.25, 0.3) is 0 Å². The summed E-state index contributed by atoms with van der Waals surface area (Å²) < 4.78 is 0. The molecule has 2 amide bonds. The number of benzene rings is 1. The molecule has 1 aromatic heterocycles. The predicted octanol–water partition coefficient (Wildman–Crippen LogP) is 3.96. The first-order valence-electron chi connectivity index (χ1n) is 12.5. The van der Waals surface area contributed by atoms with Gasteiger partial charge in [-0.25, -0.2) is 0 Å². The van der Waals surface area contributed by atoms with E-state index in [1.807, 2.05) is 55.5 Å². The number of aliphatic hydroxyl groups is 1. The summed E-state index contributed by atoms with van der Waals surface area (Å²) >= 11 is 0. The number of pyridine rings is 1. The monoisotopic (exact) mass is 463 g/mol. The van der Waals surface area contributed by atoms with E-state index in [4.69, 9.17) is 0 Å².